The Morgan fingerprint density at radius 3 is 0.819 bits per heavy atom. The lowest BCUT2D eigenvalue weighted by atomic mass is 10.0. The van der Waals surface area contributed by atoms with Crippen molar-refractivity contribution >= 4 is 17.9 Å². The van der Waals surface area contributed by atoms with Gasteiger partial charge in [0.15, 0.2) is 12.4 Å². The number of carbonyl (C=O) groups is 3. The summed E-state index contributed by atoms with van der Waals surface area (Å²) in [6, 6.07) is 0. The summed E-state index contributed by atoms with van der Waals surface area (Å²) >= 11 is 0. The molecule has 0 rings (SSSR count). The third-order valence-electron chi connectivity index (χ3n) is 20.9. The summed E-state index contributed by atoms with van der Waals surface area (Å²) in [5.74, 6) is -2.25. The Balaban J connectivity index is 3.88. The molecular weight excluding hydrogens is 1300 g/mol. The molecule has 2 atom stereocenters. The van der Waals surface area contributed by atoms with E-state index in [0.717, 1.165) is 70.6 Å². The Morgan fingerprint density at radius 1 is 0.295 bits per heavy atom. The Labute approximate surface area is 653 Å². The number of carboxylic acid groups (broad SMARTS) is 1. The van der Waals surface area contributed by atoms with Gasteiger partial charge in [0.2, 0.25) is 0 Å². The van der Waals surface area contributed by atoms with E-state index in [1.165, 1.54) is 366 Å². The second kappa shape index (κ2) is 86.3. The van der Waals surface area contributed by atoms with Crippen molar-refractivity contribution in [2.75, 3.05) is 47.5 Å². The van der Waals surface area contributed by atoms with Crippen LogP contribution in [0.3, 0.4) is 0 Å². The molecule has 0 N–H and O–H groups in total. The molecule has 0 heterocycles. The molecule has 0 aliphatic heterocycles. The number of rotatable bonds is 87. The van der Waals surface area contributed by atoms with E-state index < -0.39 is 24.3 Å². The van der Waals surface area contributed by atoms with Gasteiger partial charge in [0, 0.05) is 12.8 Å². The van der Waals surface area contributed by atoms with Crippen LogP contribution in [0.4, 0.5) is 0 Å². The standard InChI is InChI=1S/C96H177NO8/c1-6-8-10-12-14-16-18-20-22-24-26-28-30-32-34-36-38-40-42-44-46-47-49-51-53-55-57-59-61-63-65-67-69-71-73-75-77-79-81-83-85-87-94(99)105-92(91-104-96(95(100)101)102-89-88-97(3,4)5)90-103-93(98)86-84-82-80-78-76-74-72-70-68-66-64-62-60-58-56-54-52-50-48-45-43-41-39-37-35-33-31-29-27-25-23-21-19-17-15-13-11-9-7-2/h8,10,14,16,20,22,25-28,32,34,92,96H,6-7,9,11-13,15,17-19,21,23-24,29-31,33,35-91H2,1-5H3/b10-8-,16-14-,22-20-,27-25-,28-26-,34-32-. The second-order valence-electron chi connectivity index (χ2n) is 32.6. The number of hydrogen-bond donors (Lipinski definition) is 0. The maximum absolute atomic E-state index is 13.0. The average Bonchev–Trinajstić information content (AvgIpc) is 1.18. The number of ether oxygens (including phenoxy) is 4. The third kappa shape index (κ3) is 87.8. The summed E-state index contributed by atoms with van der Waals surface area (Å²) < 4.78 is 22.9. The molecule has 0 saturated heterocycles. The molecular formula is C96H177NO8. The van der Waals surface area contributed by atoms with Gasteiger partial charge < -0.3 is 33.3 Å². The number of carboxylic acids is 1. The van der Waals surface area contributed by atoms with Crippen molar-refractivity contribution in [3.8, 4) is 0 Å². The molecule has 0 aromatic carbocycles. The number of carbonyl (C=O) groups excluding carboxylic acids is 3. The van der Waals surface area contributed by atoms with Gasteiger partial charge in [-0.2, -0.15) is 0 Å². The summed E-state index contributed by atoms with van der Waals surface area (Å²) in [4.78, 5) is 37.7. The molecule has 0 aliphatic rings. The molecule has 0 aromatic rings. The van der Waals surface area contributed by atoms with Gasteiger partial charge >= 0.3 is 11.9 Å². The van der Waals surface area contributed by atoms with Gasteiger partial charge in [-0.25, -0.2) is 0 Å². The maximum Gasteiger partial charge on any atom is 0.306 e. The molecule has 105 heavy (non-hydrogen) atoms. The van der Waals surface area contributed by atoms with Gasteiger partial charge in [0.05, 0.1) is 40.3 Å². The van der Waals surface area contributed by atoms with Crippen molar-refractivity contribution in [3.63, 3.8) is 0 Å². The fraction of sp³-hybridized carbons (Fsp3) is 0.844. The zero-order valence-corrected chi connectivity index (χ0v) is 70.6. The normalized spacial score (nSPS) is 12.9. The van der Waals surface area contributed by atoms with Crippen LogP contribution in [0.1, 0.15) is 463 Å². The molecule has 0 spiro atoms. The van der Waals surface area contributed by atoms with Crippen molar-refractivity contribution in [3.05, 3.63) is 72.9 Å². The molecule has 9 nitrogen and oxygen atoms in total. The quantitative estimate of drug-likeness (QED) is 0.0195. The van der Waals surface area contributed by atoms with Crippen LogP contribution < -0.4 is 5.11 Å². The Kier molecular flexibility index (Phi) is 83.6. The van der Waals surface area contributed by atoms with Gasteiger partial charge in [-0.15, -0.1) is 0 Å². The lowest BCUT2D eigenvalue weighted by molar-refractivity contribution is -0.870. The van der Waals surface area contributed by atoms with Crippen LogP contribution in [0.25, 0.3) is 0 Å². The average molecular weight is 1470 g/mol. The molecule has 0 saturated carbocycles. The van der Waals surface area contributed by atoms with Gasteiger partial charge in [-0.3, -0.25) is 9.59 Å². The molecule has 0 bridgehead atoms. The summed E-state index contributed by atoms with van der Waals surface area (Å²) in [7, 11) is 5.96. The van der Waals surface area contributed by atoms with Crippen LogP contribution in [-0.2, 0) is 33.3 Å². The molecule has 0 radical (unpaired) electrons. The van der Waals surface area contributed by atoms with Crippen LogP contribution in [0, 0.1) is 0 Å². The first-order valence-electron chi connectivity index (χ1n) is 46.1. The van der Waals surface area contributed by atoms with E-state index in [0.29, 0.717) is 17.4 Å². The SMILES string of the molecule is CC/C=C\C/C=C\C/C=C\C/C=C\C/C=C\CCCCCCCCCCCCCCCCCCCCCCCCCCCC(=O)OC(COC(=O)CCCCCCCCCCCCCCCCCCCCCCCCCCCCC/C=C\CCCCCCCCCC)COC(OCC[N+](C)(C)C)C(=O)[O-]. The highest BCUT2D eigenvalue weighted by atomic mass is 16.7. The van der Waals surface area contributed by atoms with Gasteiger partial charge in [0.25, 0.3) is 0 Å². The number of quaternary nitrogens is 1. The number of aliphatic carboxylic acids is 1. The largest absolute Gasteiger partial charge is 0.545 e. The van der Waals surface area contributed by atoms with Crippen molar-refractivity contribution in [1.82, 2.24) is 0 Å². The minimum atomic E-state index is -1.62. The lowest BCUT2D eigenvalue weighted by Gasteiger charge is -2.26. The van der Waals surface area contributed by atoms with Crippen LogP contribution in [-0.4, -0.2) is 82.3 Å². The number of hydrogen-bond acceptors (Lipinski definition) is 8. The van der Waals surface area contributed by atoms with Gasteiger partial charge in [-0.05, 0) is 83.5 Å². The first-order valence-corrected chi connectivity index (χ1v) is 46.1. The van der Waals surface area contributed by atoms with Crippen molar-refractivity contribution < 1.29 is 42.9 Å². The van der Waals surface area contributed by atoms with E-state index >= 15 is 0 Å². The van der Waals surface area contributed by atoms with E-state index in [2.05, 4.69) is 86.8 Å². The number of allylic oxidation sites excluding steroid dienone is 12. The second-order valence-corrected chi connectivity index (χ2v) is 32.6. The Hall–Kier alpha value is -3.27. The maximum atomic E-state index is 13.0. The van der Waals surface area contributed by atoms with Crippen LogP contribution in [0.15, 0.2) is 72.9 Å². The number of unbranched alkanes of at least 4 members (excludes halogenated alkanes) is 60. The molecule has 0 amide bonds. The van der Waals surface area contributed by atoms with Gasteiger partial charge in [0.1, 0.15) is 13.2 Å². The molecule has 2 unspecified atom stereocenters. The first-order chi connectivity index (χ1) is 51.6. The minimum absolute atomic E-state index is 0.150. The summed E-state index contributed by atoms with van der Waals surface area (Å²) in [5.41, 5.74) is 0. The van der Waals surface area contributed by atoms with E-state index in [4.69, 9.17) is 18.9 Å². The fourth-order valence-corrected chi connectivity index (χ4v) is 14.0. The van der Waals surface area contributed by atoms with E-state index in [-0.39, 0.29) is 32.2 Å². The van der Waals surface area contributed by atoms with Crippen molar-refractivity contribution in [2.45, 2.75) is 476 Å². The highest BCUT2D eigenvalue weighted by Gasteiger charge is 2.22. The molecule has 9 heteroatoms. The van der Waals surface area contributed by atoms with E-state index in [9.17, 15) is 19.5 Å². The predicted molar refractivity (Wildman–Crippen MR) is 454 cm³/mol. The highest BCUT2D eigenvalue weighted by Crippen LogP contribution is 2.21. The van der Waals surface area contributed by atoms with Gasteiger partial charge in [-0.1, -0.05) is 440 Å². The topological polar surface area (TPSA) is 111 Å². The third-order valence-corrected chi connectivity index (χ3v) is 20.9. The smallest absolute Gasteiger partial charge is 0.306 e. The summed E-state index contributed by atoms with van der Waals surface area (Å²) in [5, 5.41) is 11.9. The zero-order valence-electron chi connectivity index (χ0n) is 70.6. The van der Waals surface area contributed by atoms with Crippen molar-refractivity contribution in [2.24, 2.45) is 0 Å². The zero-order chi connectivity index (χ0) is 76.0. The van der Waals surface area contributed by atoms with E-state index in [1.54, 1.807) is 0 Å². The molecule has 0 aliphatic carbocycles. The summed E-state index contributed by atoms with van der Waals surface area (Å²) in [6.07, 6.45) is 115. The Morgan fingerprint density at radius 2 is 0.543 bits per heavy atom. The Bertz CT molecular complexity index is 1970. The highest BCUT2D eigenvalue weighted by molar-refractivity contribution is 5.70. The molecule has 0 fully saturated rings. The first kappa shape index (κ1) is 102. The van der Waals surface area contributed by atoms with Crippen LogP contribution in [0.2, 0.25) is 0 Å². The molecule has 0 aromatic heterocycles. The number of esters is 2. The van der Waals surface area contributed by atoms with Crippen molar-refractivity contribution in [1.29, 1.82) is 0 Å². The number of nitrogens with zero attached hydrogens (tertiary/aromatic N) is 1. The monoisotopic (exact) mass is 1470 g/mol. The summed E-state index contributed by atoms with van der Waals surface area (Å²) in [6.45, 7) is 4.71. The van der Waals surface area contributed by atoms with Crippen LogP contribution in [0.5, 0.6) is 0 Å². The number of likely N-dealkylation sites (N-methyl/N-ethyl adjacent to an activating group) is 1. The fourth-order valence-electron chi connectivity index (χ4n) is 14.0. The van der Waals surface area contributed by atoms with Crippen LogP contribution >= 0.6 is 0 Å². The predicted octanol–water partition coefficient (Wildman–Crippen LogP) is 28.9. The molecule has 614 valence electrons. The minimum Gasteiger partial charge on any atom is -0.545 e. The lowest BCUT2D eigenvalue weighted by Crippen LogP contribution is -2.44. The van der Waals surface area contributed by atoms with E-state index in [1.807, 2.05) is 21.1 Å².